The van der Waals surface area contributed by atoms with Gasteiger partial charge in [0.2, 0.25) is 15.9 Å². The molecule has 0 atom stereocenters. The number of sulfonamides is 1. The molecule has 0 saturated heterocycles. The first-order valence-corrected chi connectivity index (χ1v) is 11.0. The van der Waals surface area contributed by atoms with E-state index in [1.165, 1.54) is 18.4 Å². The Hall–Kier alpha value is -2.23. The molecule has 0 aliphatic carbocycles. The summed E-state index contributed by atoms with van der Waals surface area (Å²) in [5.74, 6) is 0.396. The van der Waals surface area contributed by atoms with Crippen molar-refractivity contribution in [3.05, 3.63) is 48.4 Å². The van der Waals surface area contributed by atoms with Gasteiger partial charge < -0.3 is 15.1 Å². The summed E-state index contributed by atoms with van der Waals surface area (Å²) in [6.45, 7) is 2.19. The molecule has 1 aromatic carbocycles. The lowest BCUT2D eigenvalue weighted by molar-refractivity contribution is -0.119. The summed E-state index contributed by atoms with van der Waals surface area (Å²) in [6, 6.07) is 9.47. The maximum absolute atomic E-state index is 12.3. The van der Waals surface area contributed by atoms with Gasteiger partial charge in [-0.25, -0.2) is 13.1 Å². The van der Waals surface area contributed by atoms with Gasteiger partial charge >= 0.3 is 0 Å². The summed E-state index contributed by atoms with van der Waals surface area (Å²) in [7, 11) is -3.66. The van der Waals surface area contributed by atoms with Gasteiger partial charge in [-0.1, -0.05) is 26.2 Å². The van der Waals surface area contributed by atoms with Gasteiger partial charge in [0.15, 0.2) is 5.11 Å². The van der Waals surface area contributed by atoms with Crippen LogP contribution in [0.15, 0.2) is 52.0 Å². The van der Waals surface area contributed by atoms with Crippen molar-refractivity contribution in [2.24, 2.45) is 0 Å². The van der Waals surface area contributed by atoms with Crippen molar-refractivity contribution in [2.75, 3.05) is 5.32 Å². The van der Waals surface area contributed by atoms with Crippen LogP contribution in [0.2, 0.25) is 0 Å². The van der Waals surface area contributed by atoms with Gasteiger partial charge in [0, 0.05) is 12.1 Å². The zero-order chi connectivity index (χ0) is 20.4. The number of amides is 1. The number of furan rings is 1. The third-order valence-corrected chi connectivity index (χ3v) is 5.57. The van der Waals surface area contributed by atoms with Crippen LogP contribution in [0.5, 0.6) is 0 Å². The Balaban J connectivity index is 1.82. The fourth-order valence-corrected chi connectivity index (χ4v) is 3.67. The lowest BCUT2D eigenvalue weighted by Crippen LogP contribution is -2.33. The van der Waals surface area contributed by atoms with Crippen molar-refractivity contribution in [2.45, 2.75) is 50.5 Å². The number of thiocarbonyl (C=S) groups is 1. The van der Waals surface area contributed by atoms with Crippen molar-refractivity contribution in [3.63, 3.8) is 0 Å². The molecule has 1 aromatic heterocycles. The lowest BCUT2D eigenvalue weighted by atomic mass is 10.1. The van der Waals surface area contributed by atoms with E-state index < -0.39 is 10.0 Å². The third-order valence-electron chi connectivity index (χ3n) is 3.95. The molecule has 152 valence electrons. The van der Waals surface area contributed by atoms with Crippen LogP contribution in [-0.4, -0.2) is 19.4 Å². The van der Waals surface area contributed by atoms with E-state index >= 15 is 0 Å². The number of rotatable bonds is 10. The number of carbonyl (C=O) groups excluding carboxylic acids is 1. The highest BCUT2D eigenvalue weighted by Crippen LogP contribution is 2.14. The van der Waals surface area contributed by atoms with E-state index in [-0.39, 0.29) is 22.5 Å². The quantitative estimate of drug-likeness (QED) is 0.399. The topological polar surface area (TPSA) is 100 Å². The number of nitrogens with one attached hydrogen (secondary N) is 3. The molecule has 1 amide bonds. The number of carbonyl (C=O) groups is 1. The normalized spacial score (nSPS) is 11.2. The standard InChI is InChI=1S/C19H25N3O4S2/c1-2-3-4-5-8-18(23)22-19(27)21-15-9-11-17(12-10-15)28(24,25)20-14-16-7-6-13-26-16/h6-7,9-13,20H,2-5,8,14H2,1H3,(H2,21,22,23,27). The van der Waals surface area contributed by atoms with Gasteiger partial charge in [-0.3, -0.25) is 4.79 Å². The van der Waals surface area contributed by atoms with Crippen LogP contribution in [0.1, 0.15) is 44.8 Å². The van der Waals surface area contributed by atoms with Crippen molar-refractivity contribution in [1.29, 1.82) is 0 Å². The number of anilines is 1. The lowest BCUT2D eigenvalue weighted by Gasteiger charge is -2.10. The monoisotopic (exact) mass is 423 g/mol. The smallest absolute Gasteiger partial charge is 0.240 e. The summed E-state index contributed by atoms with van der Waals surface area (Å²) in [5, 5.41) is 5.69. The molecular formula is C19H25N3O4S2. The molecule has 7 nitrogen and oxygen atoms in total. The van der Waals surface area contributed by atoms with Gasteiger partial charge in [0.25, 0.3) is 0 Å². The van der Waals surface area contributed by atoms with Gasteiger partial charge in [0.1, 0.15) is 5.76 Å². The molecule has 0 unspecified atom stereocenters. The molecule has 3 N–H and O–H groups in total. The van der Waals surface area contributed by atoms with Crippen LogP contribution in [0, 0.1) is 0 Å². The van der Waals surface area contributed by atoms with E-state index in [1.54, 1.807) is 24.3 Å². The number of benzene rings is 1. The van der Waals surface area contributed by atoms with Gasteiger partial charge in [-0.15, -0.1) is 0 Å². The van der Waals surface area contributed by atoms with Crippen LogP contribution in [0.4, 0.5) is 5.69 Å². The molecule has 0 aliphatic rings. The zero-order valence-electron chi connectivity index (χ0n) is 15.7. The van der Waals surface area contributed by atoms with Crippen LogP contribution in [-0.2, 0) is 21.4 Å². The minimum absolute atomic E-state index is 0.0731. The van der Waals surface area contributed by atoms with E-state index in [9.17, 15) is 13.2 Å². The highest BCUT2D eigenvalue weighted by Gasteiger charge is 2.14. The van der Waals surface area contributed by atoms with Crippen LogP contribution < -0.4 is 15.4 Å². The van der Waals surface area contributed by atoms with Crippen molar-refractivity contribution >= 4 is 38.9 Å². The van der Waals surface area contributed by atoms with E-state index in [1.807, 2.05) is 0 Å². The molecule has 0 aliphatic heterocycles. The second-order valence-corrected chi connectivity index (χ2v) is 8.42. The summed E-state index contributed by atoms with van der Waals surface area (Å²) < 4.78 is 32.2. The first kappa shape index (κ1) is 22.1. The Kier molecular flexibility index (Phi) is 8.62. The maximum atomic E-state index is 12.3. The van der Waals surface area contributed by atoms with Crippen molar-refractivity contribution < 1.29 is 17.6 Å². The summed E-state index contributed by atoms with van der Waals surface area (Å²) in [4.78, 5) is 11.9. The van der Waals surface area contributed by atoms with Crippen LogP contribution in [0.3, 0.4) is 0 Å². The molecule has 28 heavy (non-hydrogen) atoms. The molecule has 0 saturated carbocycles. The number of hydrogen-bond acceptors (Lipinski definition) is 5. The number of hydrogen-bond donors (Lipinski definition) is 3. The predicted molar refractivity (Wildman–Crippen MR) is 112 cm³/mol. The highest BCUT2D eigenvalue weighted by atomic mass is 32.2. The fraction of sp³-hybridized carbons (Fsp3) is 0.368. The zero-order valence-corrected chi connectivity index (χ0v) is 17.4. The molecule has 9 heteroatoms. The second-order valence-electron chi connectivity index (χ2n) is 6.24. The third kappa shape index (κ3) is 7.41. The Labute approximate surface area is 170 Å². The highest BCUT2D eigenvalue weighted by molar-refractivity contribution is 7.89. The van der Waals surface area contributed by atoms with E-state index in [4.69, 9.17) is 16.6 Å². The van der Waals surface area contributed by atoms with E-state index in [2.05, 4.69) is 22.3 Å². The van der Waals surface area contributed by atoms with Crippen molar-refractivity contribution in [3.8, 4) is 0 Å². The Morgan fingerprint density at radius 3 is 2.50 bits per heavy atom. The van der Waals surface area contributed by atoms with Crippen LogP contribution >= 0.6 is 12.2 Å². The SMILES string of the molecule is CCCCCCC(=O)NC(=S)Nc1ccc(S(=O)(=O)NCc2ccco2)cc1. The minimum Gasteiger partial charge on any atom is -0.468 e. The molecule has 2 rings (SSSR count). The van der Waals surface area contributed by atoms with Gasteiger partial charge in [0.05, 0.1) is 17.7 Å². The summed E-state index contributed by atoms with van der Waals surface area (Å²) in [6.07, 6.45) is 6.00. The molecule has 2 aromatic rings. The first-order valence-electron chi connectivity index (χ1n) is 9.13. The Morgan fingerprint density at radius 1 is 1.11 bits per heavy atom. The largest absolute Gasteiger partial charge is 0.468 e. The molecule has 1 heterocycles. The second kappa shape index (κ2) is 10.9. The van der Waals surface area contributed by atoms with Crippen molar-refractivity contribution in [1.82, 2.24) is 10.0 Å². The molecule has 0 bridgehead atoms. The first-order chi connectivity index (χ1) is 13.4. The summed E-state index contributed by atoms with van der Waals surface area (Å²) in [5.41, 5.74) is 0.585. The fourth-order valence-electron chi connectivity index (χ4n) is 2.44. The molecule has 0 fully saturated rings. The summed E-state index contributed by atoms with van der Waals surface area (Å²) >= 11 is 5.12. The van der Waals surface area contributed by atoms with Gasteiger partial charge in [-0.05, 0) is 55.0 Å². The Morgan fingerprint density at radius 2 is 1.86 bits per heavy atom. The average Bonchev–Trinajstić information content (AvgIpc) is 3.18. The average molecular weight is 424 g/mol. The van der Waals surface area contributed by atoms with E-state index in [0.29, 0.717) is 17.9 Å². The van der Waals surface area contributed by atoms with E-state index in [0.717, 1.165) is 25.7 Å². The number of unbranched alkanes of at least 4 members (excludes halogenated alkanes) is 3. The molecular weight excluding hydrogens is 398 g/mol. The molecule has 0 spiro atoms. The predicted octanol–water partition coefficient (Wildman–Crippen LogP) is 3.54. The minimum atomic E-state index is -3.66. The van der Waals surface area contributed by atoms with Crippen LogP contribution in [0.25, 0.3) is 0 Å². The molecule has 0 radical (unpaired) electrons. The maximum Gasteiger partial charge on any atom is 0.240 e. The Bertz CT molecular complexity index is 863. The van der Waals surface area contributed by atoms with Gasteiger partial charge in [-0.2, -0.15) is 0 Å².